The summed E-state index contributed by atoms with van der Waals surface area (Å²) >= 11 is 0. The van der Waals surface area contributed by atoms with Gasteiger partial charge in [0.2, 0.25) is 0 Å². The lowest BCUT2D eigenvalue weighted by Crippen LogP contribution is -2.19. The summed E-state index contributed by atoms with van der Waals surface area (Å²) in [5, 5.41) is 21.5. The van der Waals surface area contributed by atoms with Crippen LogP contribution in [0.2, 0.25) is 0 Å². The minimum atomic E-state index is -0.0528. The van der Waals surface area contributed by atoms with Crippen LogP contribution in [0.5, 0.6) is 0 Å². The predicted octanol–water partition coefficient (Wildman–Crippen LogP) is 4.00. The van der Waals surface area contributed by atoms with E-state index in [1.807, 2.05) is 25.1 Å². The van der Waals surface area contributed by atoms with Crippen molar-refractivity contribution in [2.45, 2.75) is 26.8 Å². The number of fused-ring (bicyclic) bond motifs is 2. The average molecular weight is 428 g/mol. The van der Waals surface area contributed by atoms with Crippen molar-refractivity contribution in [1.29, 1.82) is 0 Å². The SMILES string of the molecule is Cc1c(-c2ccn[nH]2)cccc1[C@@H](C)Nc1nnc(C)c2cc3c(cc12)n(C)c(=O)n3C. The summed E-state index contributed by atoms with van der Waals surface area (Å²) < 4.78 is 3.32. The number of benzene rings is 2. The Balaban J connectivity index is 1.61. The molecular formula is C24H25N7O. The topological polar surface area (TPSA) is 93.4 Å². The highest BCUT2D eigenvalue weighted by Crippen LogP contribution is 2.32. The highest BCUT2D eigenvalue weighted by atomic mass is 16.1. The van der Waals surface area contributed by atoms with Gasteiger partial charge in [0.15, 0.2) is 5.82 Å². The van der Waals surface area contributed by atoms with Crippen molar-refractivity contribution in [3.63, 3.8) is 0 Å². The van der Waals surface area contributed by atoms with Crippen molar-refractivity contribution in [1.82, 2.24) is 29.5 Å². The molecule has 1 atom stereocenters. The number of H-pyrrole nitrogens is 1. The summed E-state index contributed by atoms with van der Waals surface area (Å²) in [5.41, 5.74) is 6.97. The molecule has 8 nitrogen and oxygen atoms in total. The summed E-state index contributed by atoms with van der Waals surface area (Å²) in [6, 6.07) is 12.3. The standard InChI is InChI=1S/C24H25N7O/c1-13-16(7-6-8-17(13)20-9-10-25-28-20)14(2)26-23-19-12-22-21(30(4)24(32)31(22)5)11-18(19)15(3)27-29-23/h6-12,14H,1-5H3,(H,25,28)(H,26,29)/t14-/m1/s1. The van der Waals surface area contributed by atoms with Gasteiger partial charge in [-0.2, -0.15) is 10.2 Å². The van der Waals surface area contributed by atoms with Crippen molar-refractivity contribution in [3.8, 4) is 11.3 Å². The Morgan fingerprint density at radius 2 is 1.72 bits per heavy atom. The lowest BCUT2D eigenvalue weighted by atomic mass is 9.96. The first kappa shape index (κ1) is 20.0. The van der Waals surface area contributed by atoms with Gasteiger partial charge in [-0.1, -0.05) is 18.2 Å². The molecule has 0 radical (unpaired) electrons. The van der Waals surface area contributed by atoms with E-state index in [0.29, 0.717) is 5.82 Å². The van der Waals surface area contributed by atoms with E-state index < -0.39 is 0 Å². The Morgan fingerprint density at radius 3 is 2.41 bits per heavy atom. The third-order valence-electron chi connectivity index (χ3n) is 6.34. The van der Waals surface area contributed by atoms with Crippen LogP contribution in [0.3, 0.4) is 0 Å². The molecule has 0 aliphatic carbocycles. The van der Waals surface area contributed by atoms with Crippen LogP contribution in [0.25, 0.3) is 33.1 Å². The molecule has 32 heavy (non-hydrogen) atoms. The lowest BCUT2D eigenvalue weighted by molar-refractivity contribution is 0.795. The molecule has 0 aliphatic heterocycles. The van der Waals surface area contributed by atoms with Crippen LogP contribution in [0.4, 0.5) is 5.82 Å². The second-order valence-corrected chi connectivity index (χ2v) is 8.28. The Labute approximate surface area is 184 Å². The Hall–Kier alpha value is -3.94. The molecule has 0 aliphatic rings. The molecule has 0 saturated heterocycles. The van der Waals surface area contributed by atoms with Gasteiger partial charge < -0.3 is 5.32 Å². The van der Waals surface area contributed by atoms with E-state index in [1.165, 1.54) is 11.1 Å². The van der Waals surface area contributed by atoms with Crippen LogP contribution < -0.4 is 11.0 Å². The highest BCUT2D eigenvalue weighted by Gasteiger charge is 2.17. The number of anilines is 1. The summed E-state index contributed by atoms with van der Waals surface area (Å²) in [4.78, 5) is 12.4. The Kier molecular flexibility index (Phi) is 4.58. The molecule has 162 valence electrons. The number of aryl methyl sites for hydroxylation is 3. The van der Waals surface area contributed by atoms with E-state index in [0.717, 1.165) is 38.8 Å². The first-order chi connectivity index (χ1) is 15.4. The number of rotatable bonds is 4. The normalized spacial score (nSPS) is 12.5. The van der Waals surface area contributed by atoms with Gasteiger partial charge in [-0.25, -0.2) is 4.79 Å². The van der Waals surface area contributed by atoms with Gasteiger partial charge in [0.05, 0.1) is 28.5 Å². The molecular weight excluding hydrogens is 402 g/mol. The second kappa shape index (κ2) is 7.33. The average Bonchev–Trinajstić information content (AvgIpc) is 3.39. The van der Waals surface area contributed by atoms with Gasteiger partial charge >= 0.3 is 5.69 Å². The molecule has 3 heterocycles. The van der Waals surface area contributed by atoms with E-state index in [9.17, 15) is 4.79 Å². The van der Waals surface area contributed by atoms with Crippen molar-refractivity contribution in [2.75, 3.05) is 5.32 Å². The van der Waals surface area contributed by atoms with Crippen LogP contribution in [-0.4, -0.2) is 29.5 Å². The van der Waals surface area contributed by atoms with Crippen molar-refractivity contribution >= 4 is 27.6 Å². The maximum Gasteiger partial charge on any atom is 0.328 e. The second-order valence-electron chi connectivity index (χ2n) is 8.28. The van der Waals surface area contributed by atoms with Gasteiger partial charge in [-0.15, -0.1) is 5.10 Å². The van der Waals surface area contributed by atoms with Crippen LogP contribution in [0.15, 0.2) is 47.4 Å². The molecule has 0 saturated carbocycles. The number of nitrogens with zero attached hydrogens (tertiary/aromatic N) is 5. The van der Waals surface area contributed by atoms with E-state index in [2.05, 4.69) is 57.8 Å². The number of imidazole rings is 1. The third kappa shape index (κ3) is 2.98. The minimum absolute atomic E-state index is 0.00614. The van der Waals surface area contributed by atoms with E-state index in [4.69, 9.17) is 0 Å². The zero-order valence-electron chi connectivity index (χ0n) is 18.8. The smallest absolute Gasteiger partial charge is 0.328 e. The number of aromatic nitrogens is 6. The van der Waals surface area contributed by atoms with Gasteiger partial charge in [-0.3, -0.25) is 14.2 Å². The van der Waals surface area contributed by atoms with E-state index in [-0.39, 0.29) is 11.7 Å². The number of hydrogen-bond acceptors (Lipinski definition) is 5. The van der Waals surface area contributed by atoms with Gasteiger partial charge in [0.25, 0.3) is 0 Å². The number of nitrogens with one attached hydrogen (secondary N) is 2. The molecule has 0 fully saturated rings. The maximum atomic E-state index is 12.4. The number of hydrogen-bond donors (Lipinski definition) is 2. The van der Waals surface area contributed by atoms with Crippen LogP contribution >= 0.6 is 0 Å². The van der Waals surface area contributed by atoms with Gasteiger partial charge in [-0.05, 0) is 50.1 Å². The van der Waals surface area contributed by atoms with E-state index in [1.54, 1.807) is 29.4 Å². The molecule has 8 heteroatoms. The predicted molar refractivity (Wildman–Crippen MR) is 127 cm³/mol. The first-order valence-electron chi connectivity index (χ1n) is 10.5. The third-order valence-corrected chi connectivity index (χ3v) is 6.34. The minimum Gasteiger partial charge on any atom is -0.362 e. The maximum absolute atomic E-state index is 12.4. The van der Waals surface area contributed by atoms with Crippen LogP contribution in [-0.2, 0) is 14.1 Å². The summed E-state index contributed by atoms with van der Waals surface area (Å²) in [6.07, 6.45) is 1.76. The van der Waals surface area contributed by atoms with Gasteiger partial charge in [0.1, 0.15) is 0 Å². The molecule has 2 aromatic carbocycles. The molecule has 2 N–H and O–H groups in total. The largest absolute Gasteiger partial charge is 0.362 e. The summed E-state index contributed by atoms with van der Waals surface area (Å²) in [5.74, 6) is 0.697. The van der Waals surface area contributed by atoms with Crippen LogP contribution in [0.1, 0.15) is 29.8 Å². The summed E-state index contributed by atoms with van der Waals surface area (Å²) in [6.45, 7) is 6.17. The highest BCUT2D eigenvalue weighted by molar-refractivity contribution is 6.01. The zero-order valence-corrected chi connectivity index (χ0v) is 18.8. The first-order valence-corrected chi connectivity index (χ1v) is 10.5. The Bertz CT molecular complexity index is 1530. The fraction of sp³-hybridized carbons (Fsp3) is 0.250. The molecule has 0 bridgehead atoms. The fourth-order valence-corrected chi connectivity index (χ4v) is 4.48. The molecule has 0 spiro atoms. The molecule has 5 aromatic rings. The lowest BCUT2D eigenvalue weighted by Gasteiger charge is -2.20. The monoisotopic (exact) mass is 427 g/mol. The van der Waals surface area contributed by atoms with Crippen LogP contribution in [0, 0.1) is 13.8 Å². The fourth-order valence-electron chi connectivity index (χ4n) is 4.48. The summed E-state index contributed by atoms with van der Waals surface area (Å²) in [7, 11) is 3.58. The molecule has 3 aromatic heterocycles. The Morgan fingerprint density at radius 1 is 1.00 bits per heavy atom. The number of aromatic amines is 1. The van der Waals surface area contributed by atoms with Gasteiger partial charge in [0, 0.05) is 36.6 Å². The van der Waals surface area contributed by atoms with Crippen molar-refractivity contribution < 1.29 is 0 Å². The molecule has 0 amide bonds. The quantitative estimate of drug-likeness (QED) is 0.452. The van der Waals surface area contributed by atoms with Crippen molar-refractivity contribution in [2.24, 2.45) is 14.1 Å². The van der Waals surface area contributed by atoms with Crippen molar-refractivity contribution in [3.05, 3.63) is 69.9 Å². The zero-order chi connectivity index (χ0) is 22.6. The molecule has 0 unspecified atom stereocenters. The molecule has 5 rings (SSSR count). The van der Waals surface area contributed by atoms with E-state index >= 15 is 0 Å².